The van der Waals surface area contributed by atoms with Crippen LogP contribution in [0.2, 0.25) is 0 Å². The van der Waals surface area contributed by atoms with Gasteiger partial charge in [0, 0.05) is 25.7 Å². The van der Waals surface area contributed by atoms with Crippen LogP contribution in [0.15, 0.2) is 17.8 Å². The standard InChI is InChI=1S/C13H20N4S/c1-4-17(7-6-14-10(2)3)13-12-11(5-8-18-12)15-9-16-13/h5,8-10,14H,4,6-7H2,1-3H3. The molecule has 0 aliphatic heterocycles. The van der Waals surface area contributed by atoms with E-state index in [0.717, 1.165) is 31.0 Å². The van der Waals surface area contributed by atoms with Crippen molar-refractivity contribution in [2.75, 3.05) is 24.5 Å². The van der Waals surface area contributed by atoms with E-state index in [1.165, 1.54) is 4.70 Å². The molecular weight excluding hydrogens is 244 g/mol. The maximum atomic E-state index is 4.45. The molecule has 2 aromatic rings. The number of thiophene rings is 1. The molecule has 0 aromatic carbocycles. The predicted molar refractivity (Wildman–Crippen MR) is 78.4 cm³/mol. The minimum Gasteiger partial charge on any atom is -0.354 e. The van der Waals surface area contributed by atoms with Gasteiger partial charge in [-0.05, 0) is 18.4 Å². The van der Waals surface area contributed by atoms with Gasteiger partial charge in [-0.2, -0.15) is 0 Å². The highest BCUT2D eigenvalue weighted by Crippen LogP contribution is 2.27. The largest absolute Gasteiger partial charge is 0.354 e. The summed E-state index contributed by atoms with van der Waals surface area (Å²) in [6.45, 7) is 9.40. The average molecular weight is 264 g/mol. The summed E-state index contributed by atoms with van der Waals surface area (Å²) in [5.74, 6) is 1.06. The number of anilines is 1. The van der Waals surface area contributed by atoms with Crippen molar-refractivity contribution in [2.45, 2.75) is 26.8 Å². The zero-order valence-electron chi connectivity index (χ0n) is 11.2. The summed E-state index contributed by atoms with van der Waals surface area (Å²) in [5, 5.41) is 5.51. The van der Waals surface area contributed by atoms with Crippen LogP contribution in [0.25, 0.3) is 10.2 Å². The summed E-state index contributed by atoms with van der Waals surface area (Å²) >= 11 is 1.71. The Kier molecular flexibility index (Phi) is 4.49. The Bertz CT molecular complexity index is 494. The Morgan fingerprint density at radius 3 is 2.94 bits per heavy atom. The van der Waals surface area contributed by atoms with Crippen LogP contribution < -0.4 is 10.2 Å². The first-order valence-electron chi connectivity index (χ1n) is 6.39. The van der Waals surface area contributed by atoms with Crippen molar-refractivity contribution >= 4 is 27.4 Å². The molecule has 0 amide bonds. The second-order valence-electron chi connectivity index (χ2n) is 4.52. The van der Waals surface area contributed by atoms with Crippen LogP contribution in [0.3, 0.4) is 0 Å². The molecule has 0 bridgehead atoms. The van der Waals surface area contributed by atoms with Crippen molar-refractivity contribution in [3.05, 3.63) is 17.8 Å². The first kappa shape index (κ1) is 13.2. The molecule has 0 spiro atoms. The summed E-state index contributed by atoms with van der Waals surface area (Å²) in [6.07, 6.45) is 1.66. The summed E-state index contributed by atoms with van der Waals surface area (Å²) < 4.78 is 1.18. The van der Waals surface area contributed by atoms with E-state index in [4.69, 9.17) is 0 Å². The highest BCUT2D eigenvalue weighted by Gasteiger charge is 2.11. The summed E-state index contributed by atoms with van der Waals surface area (Å²) in [7, 11) is 0. The molecule has 2 aromatic heterocycles. The van der Waals surface area contributed by atoms with E-state index in [1.54, 1.807) is 17.7 Å². The normalized spacial score (nSPS) is 11.3. The molecule has 2 rings (SSSR count). The third-order valence-electron chi connectivity index (χ3n) is 2.84. The van der Waals surface area contributed by atoms with Crippen molar-refractivity contribution in [2.24, 2.45) is 0 Å². The second kappa shape index (κ2) is 6.11. The van der Waals surface area contributed by atoms with Gasteiger partial charge in [0.15, 0.2) is 0 Å². The molecule has 1 N–H and O–H groups in total. The van der Waals surface area contributed by atoms with Gasteiger partial charge in [-0.3, -0.25) is 0 Å². The lowest BCUT2D eigenvalue weighted by atomic mass is 10.3. The van der Waals surface area contributed by atoms with Crippen LogP contribution in [0, 0.1) is 0 Å². The van der Waals surface area contributed by atoms with Gasteiger partial charge in [0.05, 0.1) is 10.2 Å². The number of likely N-dealkylation sites (N-methyl/N-ethyl adjacent to an activating group) is 1. The fourth-order valence-electron chi connectivity index (χ4n) is 1.90. The summed E-state index contributed by atoms with van der Waals surface area (Å²) in [5.41, 5.74) is 1.04. The SMILES string of the molecule is CCN(CCNC(C)C)c1ncnc2ccsc12. The van der Waals surface area contributed by atoms with E-state index in [9.17, 15) is 0 Å². The Labute approximate surface area is 112 Å². The van der Waals surface area contributed by atoms with Crippen molar-refractivity contribution in [1.82, 2.24) is 15.3 Å². The van der Waals surface area contributed by atoms with E-state index in [-0.39, 0.29) is 0 Å². The van der Waals surface area contributed by atoms with Crippen molar-refractivity contribution in [3.63, 3.8) is 0 Å². The summed E-state index contributed by atoms with van der Waals surface area (Å²) in [4.78, 5) is 11.0. The lowest BCUT2D eigenvalue weighted by Crippen LogP contribution is -2.35. The second-order valence-corrected chi connectivity index (χ2v) is 5.44. The molecule has 0 atom stereocenters. The van der Waals surface area contributed by atoms with Crippen molar-refractivity contribution < 1.29 is 0 Å². The lowest BCUT2D eigenvalue weighted by molar-refractivity contribution is 0.582. The molecular formula is C13H20N4S. The molecule has 2 heterocycles. The first-order chi connectivity index (χ1) is 8.72. The number of nitrogens with zero attached hydrogens (tertiary/aromatic N) is 3. The molecule has 0 aliphatic rings. The quantitative estimate of drug-likeness (QED) is 0.870. The van der Waals surface area contributed by atoms with Gasteiger partial charge in [0.1, 0.15) is 12.1 Å². The van der Waals surface area contributed by atoms with Gasteiger partial charge < -0.3 is 10.2 Å². The average Bonchev–Trinajstić information content (AvgIpc) is 2.82. The highest BCUT2D eigenvalue weighted by atomic mass is 32.1. The topological polar surface area (TPSA) is 41.0 Å². The van der Waals surface area contributed by atoms with Crippen molar-refractivity contribution in [1.29, 1.82) is 0 Å². The van der Waals surface area contributed by atoms with Gasteiger partial charge >= 0.3 is 0 Å². The van der Waals surface area contributed by atoms with Crippen molar-refractivity contribution in [3.8, 4) is 0 Å². The molecule has 0 saturated heterocycles. The Morgan fingerprint density at radius 1 is 1.39 bits per heavy atom. The van der Waals surface area contributed by atoms with E-state index in [0.29, 0.717) is 6.04 Å². The smallest absolute Gasteiger partial charge is 0.150 e. The number of rotatable bonds is 6. The minimum absolute atomic E-state index is 0.524. The molecule has 0 radical (unpaired) electrons. The Hall–Kier alpha value is -1.20. The fourth-order valence-corrected chi connectivity index (χ4v) is 2.76. The van der Waals surface area contributed by atoms with Gasteiger partial charge in [-0.25, -0.2) is 9.97 Å². The van der Waals surface area contributed by atoms with Crippen LogP contribution in [-0.4, -0.2) is 35.6 Å². The number of hydrogen-bond acceptors (Lipinski definition) is 5. The van der Waals surface area contributed by atoms with Crippen LogP contribution in [0.4, 0.5) is 5.82 Å². The third-order valence-corrected chi connectivity index (χ3v) is 3.74. The Morgan fingerprint density at radius 2 is 2.22 bits per heavy atom. The van der Waals surface area contributed by atoms with E-state index < -0.39 is 0 Å². The van der Waals surface area contributed by atoms with E-state index in [2.05, 4.69) is 46.3 Å². The van der Waals surface area contributed by atoms with Gasteiger partial charge in [0.2, 0.25) is 0 Å². The minimum atomic E-state index is 0.524. The molecule has 18 heavy (non-hydrogen) atoms. The van der Waals surface area contributed by atoms with Gasteiger partial charge in [0.25, 0.3) is 0 Å². The first-order valence-corrected chi connectivity index (χ1v) is 7.27. The number of hydrogen-bond donors (Lipinski definition) is 1. The monoisotopic (exact) mass is 264 g/mol. The molecule has 0 fully saturated rings. The highest BCUT2D eigenvalue weighted by molar-refractivity contribution is 7.17. The maximum absolute atomic E-state index is 4.45. The van der Waals surface area contributed by atoms with Crippen LogP contribution in [-0.2, 0) is 0 Å². The maximum Gasteiger partial charge on any atom is 0.150 e. The molecule has 0 unspecified atom stereocenters. The third kappa shape index (κ3) is 2.97. The van der Waals surface area contributed by atoms with Crippen LogP contribution >= 0.6 is 11.3 Å². The molecule has 98 valence electrons. The van der Waals surface area contributed by atoms with E-state index >= 15 is 0 Å². The molecule has 0 aliphatic carbocycles. The molecule has 4 nitrogen and oxygen atoms in total. The van der Waals surface area contributed by atoms with Crippen LogP contribution in [0.1, 0.15) is 20.8 Å². The van der Waals surface area contributed by atoms with E-state index in [1.807, 2.05) is 6.07 Å². The summed E-state index contributed by atoms with van der Waals surface area (Å²) in [6, 6.07) is 2.57. The zero-order valence-corrected chi connectivity index (χ0v) is 12.0. The number of nitrogens with one attached hydrogen (secondary N) is 1. The number of fused-ring (bicyclic) bond motifs is 1. The van der Waals surface area contributed by atoms with Crippen LogP contribution in [0.5, 0.6) is 0 Å². The zero-order chi connectivity index (χ0) is 13.0. The predicted octanol–water partition coefficient (Wildman–Crippen LogP) is 2.52. The Balaban J connectivity index is 2.14. The number of aromatic nitrogens is 2. The lowest BCUT2D eigenvalue weighted by Gasteiger charge is -2.23. The van der Waals surface area contributed by atoms with Gasteiger partial charge in [-0.1, -0.05) is 13.8 Å². The van der Waals surface area contributed by atoms with Gasteiger partial charge in [-0.15, -0.1) is 11.3 Å². The fraction of sp³-hybridized carbons (Fsp3) is 0.538. The molecule has 0 saturated carbocycles. The molecule has 5 heteroatoms.